The van der Waals surface area contributed by atoms with E-state index in [1.807, 2.05) is 17.0 Å². The molecule has 3 aromatic rings. The van der Waals surface area contributed by atoms with Crippen LogP contribution < -0.4 is 10.1 Å². The first-order valence-corrected chi connectivity index (χ1v) is 10.7. The van der Waals surface area contributed by atoms with Crippen molar-refractivity contribution in [3.8, 4) is 16.9 Å². The van der Waals surface area contributed by atoms with Crippen molar-refractivity contribution in [1.29, 1.82) is 0 Å². The van der Waals surface area contributed by atoms with Crippen LogP contribution in [0.5, 0.6) is 5.75 Å². The smallest absolute Gasteiger partial charge is 0.240 e. The molecule has 32 heavy (non-hydrogen) atoms. The van der Waals surface area contributed by atoms with E-state index in [0.29, 0.717) is 49.4 Å². The number of aliphatic hydroxyl groups excluding tert-OH is 1. The molecule has 2 atom stereocenters. The van der Waals surface area contributed by atoms with Gasteiger partial charge < -0.3 is 25.0 Å². The Bertz CT molecular complexity index is 1210. The van der Waals surface area contributed by atoms with Gasteiger partial charge in [-0.2, -0.15) is 0 Å². The number of hydrogen-bond acceptors (Lipinski definition) is 5. The average molecular weight is 436 g/mol. The van der Waals surface area contributed by atoms with Crippen LogP contribution in [0.4, 0.5) is 4.39 Å². The lowest BCUT2D eigenvalue weighted by Crippen LogP contribution is -2.45. The minimum atomic E-state index is -0.454. The van der Waals surface area contributed by atoms with Crippen LogP contribution in [0.2, 0.25) is 0 Å². The molecule has 1 amide bonds. The molecule has 2 aliphatic heterocycles. The van der Waals surface area contributed by atoms with Gasteiger partial charge in [0.2, 0.25) is 5.91 Å². The predicted octanol–water partition coefficient (Wildman–Crippen LogP) is 2.72. The minimum absolute atomic E-state index is 0.0376. The fourth-order valence-corrected chi connectivity index (χ4v) is 4.56. The highest BCUT2D eigenvalue weighted by atomic mass is 19.1. The van der Waals surface area contributed by atoms with Crippen molar-refractivity contribution >= 4 is 22.5 Å². The molecule has 1 aromatic carbocycles. The van der Waals surface area contributed by atoms with E-state index >= 15 is 0 Å². The number of aromatic amines is 1. The lowest BCUT2D eigenvalue weighted by Gasteiger charge is -2.28. The number of rotatable bonds is 4. The number of hydrogen-bond donors (Lipinski definition) is 3. The number of aromatic nitrogens is 2. The van der Waals surface area contributed by atoms with E-state index in [9.17, 15) is 14.3 Å². The third-order valence-corrected chi connectivity index (χ3v) is 6.26. The number of pyridine rings is 1. The van der Waals surface area contributed by atoms with E-state index in [-0.39, 0.29) is 17.8 Å². The Hall–Kier alpha value is -3.23. The Morgan fingerprint density at radius 1 is 1.28 bits per heavy atom. The molecular formula is C24H25FN4O3. The summed E-state index contributed by atoms with van der Waals surface area (Å²) in [4.78, 5) is 22.3. The number of β-amino-alcohol motifs (C(OH)–C–C–N with tert-alkyl or cyclic N) is 1. The molecule has 0 saturated carbocycles. The molecule has 166 valence electrons. The number of fused-ring (bicyclic) bond motifs is 1. The van der Waals surface area contributed by atoms with Crippen molar-refractivity contribution in [1.82, 2.24) is 20.2 Å². The standard InChI is InChI=1S/C24H25FN4O3/c1-32-22-3-2-15(25)10-18(22)17-4-7-26-23-19(17)12-20(28-23)14-5-8-29(9-6-14)24(31)21-11-16(30)13-27-21/h2-5,7,10,12,16,21,27,30H,6,8-9,11,13H2,1H3,(H,26,28)/t16-,21+/m1/s1. The van der Waals surface area contributed by atoms with E-state index < -0.39 is 6.10 Å². The lowest BCUT2D eigenvalue weighted by atomic mass is 10.0. The van der Waals surface area contributed by atoms with Gasteiger partial charge in [-0.15, -0.1) is 0 Å². The molecule has 2 aliphatic rings. The zero-order chi connectivity index (χ0) is 22.2. The van der Waals surface area contributed by atoms with Crippen molar-refractivity contribution < 1.29 is 19.0 Å². The van der Waals surface area contributed by atoms with Gasteiger partial charge in [-0.3, -0.25) is 4.79 Å². The van der Waals surface area contributed by atoms with E-state index in [0.717, 1.165) is 22.2 Å². The maximum atomic E-state index is 14.0. The number of aliphatic hydroxyl groups is 1. The summed E-state index contributed by atoms with van der Waals surface area (Å²) in [5, 5.41) is 13.6. The topological polar surface area (TPSA) is 90.5 Å². The fourth-order valence-electron chi connectivity index (χ4n) is 4.56. The monoisotopic (exact) mass is 436 g/mol. The highest BCUT2D eigenvalue weighted by Crippen LogP contribution is 2.36. The van der Waals surface area contributed by atoms with Crippen molar-refractivity contribution in [2.45, 2.75) is 25.0 Å². The van der Waals surface area contributed by atoms with E-state index in [1.54, 1.807) is 19.4 Å². The fraction of sp³-hybridized carbons (Fsp3) is 0.333. The number of nitrogens with one attached hydrogen (secondary N) is 2. The summed E-state index contributed by atoms with van der Waals surface area (Å²) in [6, 6.07) is 8.05. The van der Waals surface area contributed by atoms with Crippen molar-refractivity contribution in [3.63, 3.8) is 0 Å². The number of halogens is 1. The highest BCUT2D eigenvalue weighted by Gasteiger charge is 2.32. The maximum Gasteiger partial charge on any atom is 0.240 e. The lowest BCUT2D eigenvalue weighted by molar-refractivity contribution is -0.132. The largest absolute Gasteiger partial charge is 0.496 e. The quantitative estimate of drug-likeness (QED) is 0.585. The van der Waals surface area contributed by atoms with E-state index in [4.69, 9.17) is 4.74 Å². The molecule has 0 bridgehead atoms. The van der Waals surface area contributed by atoms with Crippen molar-refractivity contribution in [3.05, 3.63) is 54.1 Å². The molecule has 5 rings (SSSR count). The molecule has 2 aromatic heterocycles. The van der Waals surface area contributed by atoms with Crippen LogP contribution >= 0.6 is 0 Å². The normalized spacial score (nSPS) is 21.1. The SMILES string of the molecule is COc1ccc(F)cc1-c1ccnc2[nH]c(C3=CCN(C(=O)[C@@H]4C[C@@H](O)CN4)CC3)cc12. The minimum Gasteiger partial charge on any atom is -0.496 e. The average Bonchev–Trinajstić information content (AvgIpc) is 3.45. The van der Waals surface area contributed by atoms with Gasteiger partial charge in [0.1, 0.15) is 17.2 Å². The third-order valence-electron chi connectivity index (χ3n) is 6.26. The number of carbonyl (C=O) groups excluding carboxylic acids is 1. The predicted molar refractivity (Wildman–Crippen MR) is 120 cm³/mol. The molecule has 0 unspecified atom stereocenters. The van der Waals surface area contributed by atoms with E-state index in [1.165, 1.54) is 12.1 Å². The summed E-state index contributed by atoms with van der Waals surface area (Å²) in [7, 11) is 1.57. The number of benzene rings is 1. The van der Waals surface area contributed by atoms with Crippen LogP contribution in [-0.2, 0) is 4.79 Å². The van der Waals surface area contributed by atoms with Gasteiger partial charge in [0.05, 0.1) is 19.3 Å². The van der Waals surface area contributed by atoms with Crippen molar-refractivity contribution in [2.75, 3.05) is 26.7 Å². The van der Waals surface area contributed by atoms with Gasteiger partial charge >= 0.3 is 0 Å². The summed E-state index contributed by atoms with van der Waals surface area (Å²) < 4.78 is 19.4. The number of methoxy groups -OCH3 is 1. The first-order chi connectivity index (χ1) is 15.5. The Morgan fingerprint density at radius 2 is 2.16 bits per heavy atom. The second-order valence-electron chi connectivity index (χ2n) is 8.26. The van der Waals surface area contributed by atoms with Crippen LogP contribution in [0.15, 0.2) is 42.6 Å². The van der Waals surface area contributed by atoms with Gasteiger partial charge in [-0.25, -0.2) is 9.37 Å². The summed E-state index contributed by atoms with van der Waals surface area (Å²) >= 11 is 0. The van der Waals surface area contributed by atoms with Crippen LogP contribution in [0.3, 0.4) is 0 Å². The summed E-state index contributed by atoms with van der Waals surface area (Å²) in [5.41, 5.74) is 4.28. The number of ether oxygens (including phenoxy) is 1. The summed E-state index contributed by atoms with van der Waals surface area (Å²) in [6.07, 6.45) is 4.48. The van der Waals surface area contributed by atoms with Crippen LogP contribution in [-0.4, -0.2) is 64.8 Å². The molecule has 0 spiro atoms. The van der Waals surface area contributed by atoms with E-state index in [2.05, 4.69) is 21.4 Å². The van der Waals surface area contributed by atoms with Gasteiger partial charge in [0.15, 0.2) is 0 Å². The second kappa shape index (κ2) is 8.37. The molecule has 0 radical (unpaired) electrons. The number of nitrogens with zero attached hydrogens (tertiary/aromatic N) is 2. The number of H-pyrrole nitrogens is 1. The zero-order valence-corrected chi connectivity index (χ0v) is 17.8. The molecular weight excluding hydrogens is 411 g/mol. The van der Waals surface area contributed by atoms with Gasteiger partial charge in [-0.05, 0) is 54.3 Å². The van der Waals surface area contributed by atoms with Gasteiger partial charge in [0, 0.05) is 42.5 Å². The molecule has 0 aliphatic carbocycles. The third kappa shape index (κ3) is 3.76. The van der Waals surface area contributed by atoms with Crippen LogP contribution in [0.1, 0.15) is 18.5 Å². The molecule has 8 heteroatoms. The Labute approximate surface area is 184 Å². The molecule has 1 saturated heterocycles. The molecule has 3 N–H and O–H groups in total. The van der Waals surface area contributed by atoms with Crippen LogP contribution in [0, 0.1) is 5.82 Å². The van der Waals surface area contributed by atoms with Crippen molar-refractivity contribution in [2.24, 2.45) is 0 Å². The highest BCUT2D eigenvalue weighted by molar-refractivity contribution is 5.97. The first-order valence-electron chi connectivity index (χ1n) is 10.7. The van der Waals surface area contributed by atoms with Gasteiger partial charge in [0.25, 0.3) is 0 Å². The number of amides is 1. The maximum absolute atomic E-state index is 14.0. The number of carbonyl (C=O) groups is 1. The summed E-state index contributed by atoms with van der Waals surface area (Å²) in [6.45, 7) is 1.61. The Balaban J connectivity index is 1.42. The first kappa shape index (κ1) is 20.7. The molecule has 1 fully saturated rings. The zero-order valence-electron chi connectivity index (χ0n) is 17.8. The Morgan fingerprint density at radius 3 is 2.88 bits per heavy atom. The van der Waals surface area contributed by atoms with Crippen LogP contribution in [0.25, 0.3) is 27.7 Å². The van der Waals surface area contributed by atoms with Gasteiger partial charge in [-0.1, -0.05) is 6.08 Å². The molecule has 4 heterocycles. The second-order valence-corrected chi connectivity index (χ2v) is 8.26. The summed E-state index contributed by atoms with van der Waals surface area (Å²) in [5.74, 6) is 0.305. The Kier molecular flexibility index (Phi) is 5.40. The molecule has 7 nitrogen and oxygen atoms in total.